The Hall–Kier alpha value is -3.09. The van der Waals surface area contributed by atoms with Crippen LogP contribution >= 0.6 is 22.9 Å². The van der Waals surface area contributed by atoms with Crippen LogP contribution in [-0.4, -0.2) is 18.9 Å². The molecule has 29 heavy (non-hydrogen) atoms. The monoisotopic (exact) mass is 424 g/mol. The zero-order valence-corrected chi connectivity index (χ0v) is 17.3. The highest BCUT2D eigenvalue weighted by molar-refractivity contribution is 7.11. The Kier molecular flexibility index (Phi) is 5.13. The van der Waals surface area contributed by atoms with Crippen LogP contribution in [0.15, 0.2) is 65.7 Å². The lowest BCUT2D eigenvalue weighted by Gasteiger charge is -2.18. The van der Waals surface area contributed by atoms with Crippen molar-refractivity contribution in [1.29, 1.82) is 0 Å². The minimum atomic E-state index is -0.411. The minimum Gasteiger partial charge on any atom is -0.497 e. The molecule has 2 amide bonds. The summed E-state index contributed by atoms with van der Waals surface area (Å²) >= 11 is 7.46. The number of hydrogen-bond donors (Lipinski definition) is 1. The molecule has 0 bridgehead atoms. The van der Waals surface area contributed by atoms with Crippen LogP contribution < -0.4 is 15.0 Å². The zero-order chi connectivity index (χ0) is 20.5. The van der Waals surface area contributed by atoms with Crippen molar-refractivity contribution in [3.8, 4) is 5.75 Å². The summed E-state index contributed by atoms with van der Waals surface area (Å²) in [6, 6.07) is 16.0. The van der Waals surface area contributed by atoms with E-state index in [2.05, 4.69) is 5.32 Å². The Morgan fingerprint density at radius 3 is 2.55 bits per heavy atom. The van der Waals surface area contributed by atoms with E-state index in [4.69, 9.17) is 16.3 Å². The van der Waals surface area contributed by atoms with E-state index in [9.17, 15) is 9.59 Å². The van der Waals surface area contributed by atoms with Gasteiger partial charge in [-0.2, -0.15) is 0 Å². The molecule has 7 heteroatoms. The molecule has 1 N–H and O–H groups in total. The third-order valence-electron chi connectivity index (χ3n) is 4.59. The lowest BCUT2D eigenvalue weighted by atomic mass is 10.1. The molecule has 0 spiro atoms. The van der Waals surface area contributed by atoms with Gasteiger partial charge in [0.1, 0.15) is 11.4 Å². The second kappa shape index (κ2) is 7.73. The molecule has 0 radical (unpaired) electrons. The first-order valence-corrected chi connectivity index (χ1v) is 10.1. The molecule has 4 rings (SSSR count). The van der Waals surface area contributed by atoms with Crippen LogP contribution in [0, 0.1) is 6.92 Å². The van der Waals surface area contributed by atoms with Gasteiger partial charge in [-0.3, -0.25) is 9.59 Å². The van der Waals surface area contributed by atoms with Crippen molar-refractivity contribution in [2.24, 2.45) is 0 Å². The zero-order valence-electron chi connectivity index (χ0n) is 15.7. The quantitative estimate of drug-likeness (QED) is 0.578. The van der Waals surface area contributed by atoms with E-state index >= 15 is 0 Å². The van der Waals surface area contributed by atoms with Crippen molar-refractivity contribution >= 4 is 51.7 Å². The van der Waals surface area contributed by atoms with Gasteiger partial charge in [0.05, 0.1) is 18.4 Å². The number of methoxy groups -OCH3 is 1. The molecule has 1 aliphatic heterocycles. The highest BCUT2D eigenvalue weighted by Gasteiger charge is 2.41. The van der Waals surface area contributed by atoms with Crippen LogP contribution in [0.4, 0.5) is 11.4 Å². The molecule has 0 aliphatic carbocycles. The second-order valence-electron chi connectivity index (χ2n) is 6.46. The predicted octanol–water partition coefficient (Wildman–Crippen LogP) is 5.12. The van der Waals surface area contributed by atoms with Crippen LogP contribution in [0.3, 0.4) is 0 Å². The summed E-state index contributed by atoms with van der Waals surface area (Å²) in [6.45, 7) is 1.82. The third-order valence-corrected chi connectivity index (χ3v) is 5.71. The summed E-state index contributed by atoms with van der Waals surface area (Å²) in [5, 5.41) is 5.56. The van der Waals surface area contributed by atoms with E-state index in [-0.39, 0.29) is 11.6 Å². The van der Waals surface area contributed by atoms with Gasteiger partial charge in [0.25, 0.3) is 11.8 Å². The summed E-state index contributed by atoms with van der Waals surface area (Å²) in [5.41, 5.74) is 2.50. The first kappa shape index (κ1) is 19.2. The predicted molar refractivity (Wildman–Crippen MR) is 117 cm³/mol. The topological polar surface area (TPSA) is 58.6 Å². The number of amides is 2. The standard InChI is InChI=1S/C22H17ClN2O3S/c1-13-11-14(23)8-9-17(13)25-21(26)19(18-7-4-10-29-18)20(22(25)27)24-15-5-3-6-16(12-15)28-2/h3-12,24H,1-2H3. The van der Waals surface area contributed by atoms with Crippen LogP contribution in [0.1, 0.15) is 10.4 Å². The van der Waals surface area contributed by atoms with E-state index in [1.165, 1.54) is 16.2 Å². The summed E-state index contributed by atoms with van der Waals surface area (Å²) < 4.78 is 5.25. The Balaban J connectivity index is 1.80. The molecule has 0 saturated heterocycles. The van der Waals surface area contributed by atoms with Gasteiger partial charge in [0.2, 0.25) is 0 Å². The van der Waals surface area contributed by atoms with E-state index in [0.29, 0.717) is 27.7 Å². The molecule has 0 fully saturated rings. The molecular weight excluding hydrogens is 408 g/mol. The van der Waals surface area contributed by atoms with Crippen LogP contribution in [0.5, 0.6) is 5.75 Å². The number of anilines is 2. The normalized spacial score (nSPS) is 14.0. The smallest absolute Gasteiger partial charge is 0.282 e. The molecule has 146 valence electrons. The van der Waals surface area contributed by atoms with Gasteiger partial charge in [0, 0.05) is 21.7 Å². The first-order chi connectivity index (χ1) is 14.0. The number of nitrogens with zero attached hydrogens (tertiary/aromatic N) is 1. The van der Waals surface area contributed by atoms with Crippen molar-refractivity contribution < 1.29 is 14.3 Å². The Morgan fingerprint density at radius 1 is 1.03 bits per heavy atom. The minimum absolute atomic E-state index is 0.236. The van der Waals surface area contributed by atoms with Gasteiger partial charge in [-0.1, -0.05) is 23.7 Å². The average Bonchev–Trinajstić information content (AvgIpc) is 3.30. The number of aryl methyl sites for hydroxylation is 1. The van der Waals surface area contributed by atoms with Crippen molar-refractivity contribution in [1.82, 2.24) is 0 Å². The van der Waals surface area contributed by atoms with Gasteiger partial charge in [0.15, 0.2) is 0 Å². The third kappa shape index (κ3) is 3.52. The molecule has 2 aromatic carbocycles. The summed E-state index contributed by atoms with van der Waals surface area (Å²) in [6.07, 6.45) is 0. The van der Waals surface area contributed by atoms with Crippen LogP contribution in [0.25, 0.3) is 5.57 Å². The van der Waals surface area contributed by atoms with Crippen molar-refractivity contribution in [2.45, 2.75) is 6.92 Å². The number of ether oxygens (including phenoxy) is 1. The number of halogens is 1. The lowest BCUT2D eigenvalue weighted by Crippen LogP contribution is -2.32. The molecular formula is C22H17ClN2O3S. The summed E-state index contributed by atoms with van der Waals surface area (Å²) in [5.74, 6) is -0.129. The molecule has 1 aromatic heterocycles. The fourth-order valence-electron chi connectivity index (χ4n) is 3.23. The molecule has 0 unspecified atom stereocenters. The summed E-state index contributed by atoms with van der Waals surface area (Å²) in [7, 11) is 1.57. The first-order valence-electron chi connectivity index (χ1n) is 8.83. The number of hydrogen-bond acceptors (Lipinski definition) is 5. The van der Waals surface area contributed by atoms with Crippen LogP contribution in [-0.2, 0) is 9.59 Å². The Morgan fingerprint density at radius 2 is 1.86 bits per heavy atom. The maximum atomic E-state index is 13.3. The molecule has 2 heterocycles. The number of benzene rings is 2. The Bertz CT molecular complexity index is 1140. The average molecular weight is 425 g/mol. The molecule has 1 aliphatic rings. The summed E-state index contributed by atoms with van der Waals surface area (Å²) in [4.78, 5) is 28.6. The number of thiophene rings is 1. The van der Waals surface area contributed by atoms with Gasteiger partial charge in [-0.25, -0.2) is 4.90 Å². The van der Waals surface area contributed by atoms with Gasteiger partial charge < -0.3 is 10.1 Å². The van der Waals surface area contributed by atoms with Crippen LogP contribution in [0.2, 0.25) is 5.02 Å². The number of imide groups is 1. The number of rotatable bonds is 5. The van der Waals surface area contributed by atoms with Gasteiger partial charge >= 0.3 is 0 Å². The van der Waals surface area contributed by atoms with E-state index in [1.54, 1.807) is 31.4 Å². The molecule has 3 aromatic rings. The molecule has 0 atom stereocenters. The SMILES string of the molecule is COc1cccc(NC2=C(c3cccs3)C(=O)N(c3ccc(Cl)cc3C)C2=O)c1. The maximum absolute atomic E-state index is 13.3. The number of carbonyl (C=O) groups excluding carboxylic acids is 2. The fraction of sp³-hybridized carbons (Fsp3) is 0.0909. The number of carbonyl (C=O) groups is 2. The molecule has 5 nitrogen and oxygen atoms in total. The van der Waals surface area contributed by atoms with E-state index in [0.717, 1.165) is 10.4 Å². The van der Waals surface area contributed by atoms with Crippen molar-refractivity contribution in [3.63, 3.8) is 0 Å². The maximum Gasteiger partial charge on any atom is 0.282 e. The fourth-order valence-corrected chi connectivity index (χ4v) is 4.22. The highest BCUT2D eigenvalue weighted by Crippen LogP contribution is 2.37. The number of nitrogens with one attached hydrogen (secondary N) is 1. The second-order valence-corrected chi connectivity index (χ2v) is 7.84. The molecule has 0 saturated carbocycles. The van der Waals surface area contributed by atoms with Gasteiger partial charge in [-0.15, -0.1) is 11.3 Å². The van der Waals surface area contributed by atoms with E-state index < -0.39 is 5.91 Å². The van der Waals surface area contributed by atoms with Gasteiger partial charge in [-0.05, 0) is 54.3 Å². The lowest BCUT2D eigenvalue weighted by molar-refractivity contribution is -0.120. The van der Waals surface area contributed by atoms with Crippen molar-refractivity contribution in [2.75, 3.05) is 17.3 Å². The van der Waals surface area contributed by atoms with Crippen molar-refractivity contribution in [3.05, 3.63) is 81.1 Å². The largest absolute Gasteiger partial charge is 0.497 e. The Labute approximate surface area is 177 Å². The highest BCUT2D eigenvalue weighted by atomic mass is 35.5. The van der Waals surface area contributed by atoms with E-state index in [1.807, 2.05) is 42.6 Å².